The molecule has 1 atom stereocenters. The van der Waals surface area contributed by atoms with Crippen LogP contribution in [0.5, 0.6) is 0 Å². The van der Waals surface area contributed by atoms with E-state index in [0.29, 0.717) is 5.67 Å². The second kappa shape index (κ2) is 6.60. The second-order valence-electron chi connectivity index (χ2n) is 6.44. The largest absolute Gasteiger partial charge is 0.303 e. The summed E-state index contributed by atoms with van der Waals surface area (Å²) in [5.41, 5.74) is 2.92. The molecule has 2 heteroatoms. The van der Waals surface area contributed by atoms with Crippen LogP contribution >= 0.6 is 0 Å². The van der Waals surface area contributed by atoms with Crippen LogP contribution in [0.15, 0.2) is 12.3 Å². The molecule has 1 nitrogen and oxygen atoms in total. The SMILES string of the molecule is C=C[Si](C)(C)C(C)N(CC(C)C)CC(C)C. The molecule has 0 rings (SSSR count). The quantitative estimate of drug-likeness (QED) is 0.610. The highest BCUT2D eigenvalue weighted by Crippen LogP contribution is 2.18. The first-order chi connectivity index (χ1) is 7.20. The first kappa shape index (κ1) is 15.9. The zero-order chi connectivity index (χ0) is 12.9. The van der Waals surface area contributed by atoms with E-state index in [0.717, 1.165) is 11.8 Å². The fourth-order valence-electron chi connectivity index (χ4n) is 1.97. The van der Waals surface area contributed by atoms with Gasteiger partial charge in [-0.2, -0.15) is 0 Å². The van der Waals surface area contributed by atoms with Gasteiger partial charge in [-0.3, -0.25) is 0 Å². The zero-order valence-electron chi connectivity index (χ0n) is 12.4. The highest BCUT2D eigenvalue weighted by Gasteiger charge is 2.30. The lowest BCUT2D eigenvalue weighted by Crippen LogP contribution is -2.52. The molecule has 0 saturated heterocycles. The maximum absolute atomic E-state index is 4.03. The van der Waals surface area contributed by atoms with Gasteiger partial charge in [-0.1, -0.05) is 47.7 Å². The van der Waals surface area contributed by atoms with Gasteiger partial charge in [0.25, 0.3) is 0 Å². The monoisotopic (exact) mass is 241 g/mol. The van der Waals surface area contributed by atoms with E-state index in [-0.39, 0.29) is 0 Å². The van der Waals surface area contributed by atoms with Crippen LogP contribution in [0.4, 0.5) is 0 Å². The van der Waals surface area contributed by atoms with Gasteiger partial charge >= 0.3 is 0 Å². The fraction of sp³-hybridized carbons (Fsp3) is 0.857. The van der Waals surface area contributed by atoms with E-state index in [2.05, 4.69) is 64.9 Å². The minimum atomic E-state index is -1.29. The Morgan fingerprint density at radius 1 is 1.00 bits per heavy atom. The van der Waals surface area contributed by atoms with E-state index in [1.165, 1.54) is 13.1 Å². The molecule has 0 aliphatic carbocycles. The van der Waals surface area contributed by atoms with Crippen LogP contribution in [0.2, 0.25) is 13.1 Å². The van der Waals surface area contributed by atoms with Crippen molar-refractivity contribution in [1.82, 2.24) is 4.90 Å². The van der Waals surface area contributed by atoms with Gasteiger partial charge in [0.05, 0.1) is 8.07 Å². The van der Waals surface area contributed by atoms with E-state index < -0.39 is 8.07 Å². The molecule has 0 aliphatic rings. The normalized spacial score (nSPS) is 14.9. The van der Waals surface area contributed by atoms with Gasteiger partial charge in [0.15, 0.2) is 0 Å². The van der Waals surface area contributed by atoms with Gasteiger partial charge in [-0.05, 0) is 11.8 Å². The Bertz CT molecular complexity index is 199. The average Bonchev–Trinajstić information content (AvgIpc) is 2.14. The topological polar surface area (TPSA) is 3.24 Å². The molecule has 0 aromatic rings. The van der Waals surface area contributed by atoms with Crippen molar-refractivity contribution in [3.05, 3.63) is 12.3 Å². The highest BCUT2D eigenvalue weighted by molar-refractivity contribution is 6.83. The van der Waals surface area contributed by atoms with Crippen molar-refractivity contribution >= 4 is 8.07 Å². The zero-order valence-corrected chi connectivity index (χ0v) is 13.4. The van der Waals surface area contributed by atoms with E-state index in [1.807, 2.05) is 0 Å². The molecular weight excluding hydrogens is 210 g/mol. The van der Waals surface area contributed by atoms with Crippen molar-refractivity contribution in [2.45, 2.75) is 53.4 Å². The molecule has 0 bridgehead atoms. The van der Waals surface area contributed by atoms with Gasteiger partial charge in [-0.25, -0.2) is 0 Å². The predicted molar refractivity (Wildman–Crippen MR) is 78.4 cm³/mol. The van der Waals surface area contributed by atoms with Crippen LogP contribution in [0, 0.1) is 11.8 Å². The predicted octanol–water partition coefficient (Wildman–Crippen LogP) is 3.96. The summed E-state index contributed by atoms with van der Waals surface area (Å²) in [6.07, 6.45) is 0. The molecule has 0 amide bonds. The van der Waals surface area contributed by atoms with Gasteiger partial charge < -0.3 is 4.90 Å². The third-order valence-corrected chi connectivity index (χ3v) is 6.92. The maximum atomic E-state index is 4.03. The molecule has 0 heterocycles. The number of hydrogen-bond donors (Lipinski definition) is 0. The van der Waals surface area contributed by atoms with Gasteiger partial charge in [0.2, 0.25) is 0 Å². The molecule has 0 aromatic heterocycles. The van der Waals surface area contributed by atoms with Crippen molar-refractivity contribution in [3.8, 4) is 0 Å². The molecule has 0 fully saturated rings. The lowest BCUT2D eigenvalue weighted by atomic mass is 10.1. The van der Waals surface area contributed by atoms with Crippen LogP contribution < -0.4 is 0 Å². The van der Waals surface area contributed by atoms with E-state index in [4.69, 9.17) is 0 Å². The Balaban J connectivity index is 4.67. The van der Waals surface area contributed by atoms with Crippen LogP contribution in [-0.2, 0) is 0 Å². The number of hydrogen-bond acceptors (Lipinski definition) is 1. The third-order valence-electron chi connectivity index (χ3n) is 3.35. The number of nitrogens with zero attached hydrogens (tertiary/aromatic N) is 1. The molecule has 0 radical (unpaired) electrons. The smallest absolute Gasteiger partial charge is 0.0890 e. The van der Waals surface area contributed by atoms with E-state index in [1.54, 1.807) is 0 Å². The molecule has 0 spiro atoms. The van der Waals surface area contributed by atoms with Crippen LogP contribution in [-0.4, -0.2) is 31.7 Å². The fourth-order valence-corrected chi connectivity index (χ4v) is 3.46. The lowest BCUT2D eigenvalue weighted by molar-refractivity contribution is 0.204. The Labute approximate surface area is 104 Å². The summed E-state index contributed by atoms with van der Waals surface area (Å²) in [4.78, 5) is 2.67. The summed E-state index contributed by atoms with van der Waals surface area (Å²) in [6, 6.07) is 0. The van der Waals surface area contributed by atoms with Crippen molar-refractivity contribution in [2.24, 2.45) is 11.8 Å². The van der Waals surface area contributed by atoms with Gasteiger partial charge in [-0.15, -0.1) is 12.3 Å². The highest BCUT2D eigenvalue weighted by atomic mass is 28.3. The molecule has 0 saturated carbocycles. The summed E-state index contributed by atoms with van der Waals surface area (Å²) in [5.74, 6) is 1.49. The summed E-state index contributed by atoms with van der Waals surface area (Å²) in [7, 11) is -1.29. The second-order valence-corrected chi connectivity index (χ2v) is 11.3. The lowest BCUT2D eigenvalue weighted by Gasteiger charge is -2.39. The number of rotatable bonds is 7. The molecule has 96 valence electrons. The third kappa shape index (κ3) is 5.31. The van der Waals surface area contributed by atoms with E-state index >= 15 is 0 Å². The molecular formula is C14H31NSi. The van der Waals surface area contributed by atoms with Crippen LogP contribution in [0.1, 0.15) is 34.6 Å². The Morgan fingerprint density at radius 3 is 1.62 bits per heavy atom. The van der Waals surface area contributed by atoms with Crippen molar-refractivity contribution in [2.75, 3.05) is 13.1 Å². The standard InChI is InChI=1S/C14H31NSi/c1-9-16(7,8)14(6)15(10-12(2)3)11-13(4)5/h9,12-14H,1,10-11H2,2-8H3. The van der Waals surface area contributed by atoms with Crippen LogP contribution in [0.3, 0.4) is 0 Å². The summed E-state index contributed by atoms with van der Waals surface area (Å²) < 4.78 is 0. The Kier molecular flexibility index (Phi) is 6.57. The Morgan fingerprint density at radius 2 is 1.38 bits per heavy atom. The molecule has 0 aromatic carbocycles. The molecule has 16 heavy (non-hydrogen) atoms. The van der Waals surface area contributed by atoms with Crippen molar-refractivity contribution in [1.29, 1.82) is 0 Å². The Hall–Kier alpha value is -0.0831. The molecule has 0 N–H and O–H groups in total. The van der Waals surface area contributed by atoms with Gasteiger partial charge in [0, 0.05) is 18.8 Å². The minimum absolute atomic E-state index is 0.690. The summed E-state index contributed by atoms with van der Waals surface area (Å²) >= 11 is 0. The first-order valence-corrected chi connectivity index (χ1v) is 9.73. The summed E-state index contributed by atoms with van der Waals surface area (Å²) in [5, 5.41) is 0. The maximum Gasteiger partial charge on any atom is 0.0890 e. The van der Waals surface area contributed by atoms with Crippen molar-refractivity contribution < 1.29 is 0 Å². The van der Waals surface area contributed by atoms with Crippen molar-refractivity contribution in [3.63, 3.8) is 0 Å². The minimum Gasteiger partial charge on any atom is -0.303 e. The average molecular weight is 241 g/mol. The van der Waals surface area contributed by atoms with Gasteiger partial charge in [0.1, 0.15) is 0 Å². The summed E-state index contributed by atoms with van der Waals surface area (Å²) in [6.45, 7) is 22.9. The molecule has 1 unspecified atom stereocenters. The first-order valence-electron chi connectivity index (χ1n) is 6.58. The van der Waals surface area contributed by atoms with E-state index in [9.17, 15) is 0 Å². The molecule has 0 aliphatic heterocycles. The van der Waals surface area contributed by atoms with Crippen LogP contribution in [0.25, 0.3) is 0 Å².